The second-order valence-corrected chi connectivity index (χ2v) is 18.1. The highest BCUT2D eigenvalue weighted by Gasteiger charge is 2.41. The summed E-state index contributed by atoms with van der Waals surface area (Å²) in [5.74, 6) is -3.24. The molecular formula is C45H53ClN10O9. The summed E-state index contributed by atoms with van der Waals surface area (Å²) in [5, 5.41) is 30.2. The number of aliphatic hydroxyl groups is 1. The third-order valence-corrected chi connectivity index (χ3v) is 10.7. The SMILES string of the molecule is CCC(C)C(CO)NC(=O)Nc1ccc(CC(C(=O)Nc2ccc3c(c2)cc(C(=O)OC(C)(C)C)n3C(=O)OC(C)(C)C)N2CCN(c3cc(Cl)ccc3-n3cnnn3)C(=O)C2=O)cc1. The van der Waals surface area contributed by atoms with Crippen LogP contribution in [0.25, 0.3) is 16.6 Å². The molecule has 2 aromatic heterocycles. The van der Waals surface area contributed by atoms with E-state index >= 15 is 0 Å². The van der Waals surface area contributed by atoms with E-state index in [0.29, 0.717) is 32.9 Å². The summed E-state index contributed by atoms with van der Waals surface area (Å²) in [4.78, 5) is 84.9. The molecule has 65 heavy (non-hydrogen) atoms. The Morgan fingerprint density at radius 3 is 2.17 bits per heavy atom. The van der Waals surface area contributed by atoms with Crippen LogP contribution in [0.5, 0.6) is 0 Å². The number of carbonyl (C=O) groups excluding carboxylic acids is 6. The molecule has 0 radical (unpaired) electrons. The maximum atomic E-state index is 14.5. The number of benzene rings is 3. The third kappa shape index (κ3) is 11.5. The smallest absolute Gasteiger partial charge is 0.419 e. The summed E-state index contributed by atoms with van der Waals surface area (Å²) in [7, 11) is 0. The first-order valence-electron chi connectivity index (χ1n) is 21.0. The zero-order valence-corrected chi connectivity index (χ0v) is 38.2. The number of amides is 5. The summed E-state index contributed by atoms with van der Waals surface area (Å²) in [6.07, 6.45) is 1.23. The van der Waals surface area contributed by atoms with E-state index in [1.807, 2.05) is 13.8 Å². The Labute approximate surface area is 380 Å². The normalized spacial score (nSPS) is 14.7. The van der Waals surface area contributed by atoms with Crippen LogP contribution >= 0.6 is 11.6 Å². The molecule has 3 aromatic carbocycles. The number of carbonyl (C=O) groups is 6. The van der Waals surface area contributed by atoms with Gasteiger partial charge in [-0.05, 0) is 118 Å². The van der Waals surface area contributed by atoms with Crippen molar-refractivity contribution in [3.8, 4) is 5.69 Å². The lowest BCUT2D eigenvalue weighted by molar-refractivity contribution is -0.149. The number of fused-ring (bicyclic) bond motifs is 1. The maximum absolute atomic E-state index is 14.5. The average molecular weight is 913 g/mol. The van der Waals surface area contributed by atoms with Gasteiger partial charge in [0.2, 0.25) is 5.91 Å². The van der Waals surface area contributed by atoms with Crippen molar-refractivity contribution in [2.75, 3.05) is 35.2 Å². The average Bonchev–Trinajstić information content (AvgIpc) is 3.91. The molecule has 6 rings (SSSR count). The number of hydrogen-bond acceptors (Lipinski definition) is 12. The Bertz CT molecular complexity index is 2580. The fourth-order valence-corrected chi connectivity index (χ4v) is 7.30. The molecule has 4 N–H and O–H groups in total. The van der Waals surface area contributed by atoms with Crippen LogP contribution in [0.1, 0.15) is 77.9 Å². The number of rotatable bonds is 13. The Morgan fingerprint density at radius 1 is 0.846 bits per heavy atom. The van der Waals surface area contributed by atoms with Crippen molar-refractivity contribution < 1.29 is 43.3 Å². The minimum Gasteiger partial charge on any atom is -0.455 e. The zero-order chi connectivity index (χ0) is 47.4. The number of ether oxygens (including phenoxy) is 2. The quantitative estimate of drug-likeness (QED) is 0.0792. The van der Waals surface area contributed by atoms with Crippen molar-refractivity contribution in [2.24, 2.45) is 5.92 Å². The molecule has 19 nitrogen and oxygen atoms in total. The monoisotopic (exact) mass is 912 g/mol. The van der Waals surface area contributed by atoms with Crippen LogP contribution in [0, 0.1) is 5.92 Å². The summed E-state index contributed by atoms with van der Waals surface area (Å²) in [5.41, 5.74) is 0.414. The van der Waals surface area contributed by atoms with Crippen LogP contribution in [0.4, 0.5) is 26.7 Å². The molecule has 0 bridgehead atoms. The molecule has 5 aromatic rings. The standard InChI is InChI=1S/C45H53ClN10O9/c1-9-26(2)32(24-57)50-42(62)49-30-13-10-27(11-14-30)20-36(54-19-18-53(39(59)40(54)60)35-23-29(46)12-16-34(35)55-25-47-51-52-55)38(58)48-31-15-17-33-28(21-31)22-37(41(61)64-44(3,4)5)56(33)43(63)65-45(6,7)8/h10-17,21-23,25-26,32,36,57H,9,18-20,24H2,1-8H3,(H,48,58)(H2,49,50,62). The number of nitrogens with zero attached hydrogens (tertiary/aromatic N) is 7. The number of halogens is 1. The van der Waals surface area contributed by atoms with E-state index < -0.39 is 59.1 Å². The Kier molecular flexibility index (Phi) is 14.3. The highest BCUT2D eigenvalue weighted by atomic mass is 35.5. The molecule has 1 fully saturated rings. The van der Waals surface area contributed by atoms with Crippen LogP contribution in [0.2, 0.25) is 5.02 Å². The summed E-state index contributed by atoms with van der Waals surface area (Å²) < 4.78 is 13.7. The van der Waals surface area contributed by atoms with E-state index in [1.54, 1.807) is 90.1 Å². The molecule has 1 saturated heterocycles. The lowest BCUT2D eigenvalue weighted by Gasteiger charge is -2.38. The molecule has 1 aliphatic heterocycles. The maximum Gasteiger partial charge on any atom is 0.419 e. The number of tetrazole rings is 1. The number of nitrogens with one attached hydrogen (secondary N) is 3. The predicted octanol–water partition coefficient (Wildman–Crippen LogP) is 5.96. The van der Waals surface area contributed by atoms with Crippen LogP contribution in [-0.2, 0) is 30.3 Å². The van der Waals surface area contributed by atoms with Crippen molar-refractivity contribution in [1.82, 2.24) is 35.0 Å². The topological polar surface area (TPSA) is 232 Å². The second-order valence-electron chi connectivity index (χ2n) is 17.6. The van der Waals surface area contributed by atoms with Crippen LogP contribution < -0.4 is 20.9 Å². The molecule has 1 aliphatic rings. The van der Waals surface area contributed by atoms with Crippen LogP contribution in [0.15, 0.2) is 73.1 Å². The fourth-order valence-electron chi connectivity index (χ4n) is 7.14. The van der Waals surface area contributed by atoms with E-state index in [9.17, 15) is 33.9 Å². The van der Waals surface area contributed by atoms with Crippen molar-refractivity contribution >= 4 is 75.4 Å². The number of aromatic nitrogens is 5. The van der Waals surface area contributed by atoms with Crippen molar-refractivity contribution in [3.05, 3.63) is 89.3 Å². The van der Waals surface area contributed by atoms with Gasteiger partial charge in [-0.2, -0.15) is 4.68 Å². The molecule has 0 aliphatic carbocycles. The van der Waals surface area contributed by atoms with Crippen molar-refractivity contribution in [3.63, 3.8) is 0 Å². The Morgan fingerprint density at radius 2 is 1.54 bits per heavy atom. The van der Waals surface area contributed by atoms with E-state index in [4.69, 9.17) is 21.1 Å². The zero-order valence-electron chi connectivity index (χ0n) is 37.4. The van der Waals surface area contributed by atoms with Crippen LogP contribution in [0.3, 0.4) is 0 Å². The first kappa shape index (κ1) is 47.6. The lowest BCUT2D eigenvalue weighted by atomic mass is 10.0. The van der Waals surface area contributed by atoms with E-state index in [-0.39, 0.29) is 49.1 Å². The van der Waals surface area contributed by atoms with E-state index in [1.165, 1.54) is 39.0 Å². The first-order valence-corrected chi connectivity index (χ1v) is 21.4. The van der Waals surface area contributed by atoms with Gasteiger partial charge in [-0.1, -0.05) is 44.0 Å². The van der Waals surface area contributed by atoms with Gasteiger partial charge in [0.15, 0.2) is 0 Å². The molecular weight excluding hydrogens is 860 g/mol. The van der Waals surface area contributed by atoms with Gasteiger partial charge in [0.1, 0.15) is 29.3 Å². The largest absolute Gasteiger partial charge is 0.455 e. The number of piperazine rings is 1. The minimum absolute atomic E-state index is 0.0230. The van der Waals surface area contributed by atoms with Gasteiger partial charge in [0, 0.05) is 41.3 Å². The van der Waals surface area contributed by atoms with Gasteiger partial charge in [0.25, 0.3) is 0 Å². The van der Waals surface area contributed by atoms with E-state index in [2.05, 4.69) is 31.5 Å². The molecule has 0 saturated carbocycles. The predicted molar refractivity (Wildman–Crippen MR) is 242 cm³/mol. The second kappa shape index (κ2) is 19.5. The van der Waals surface area contributed by atoms with Gasteiger partial charge < -0.3 is 40.3 Å². The highest BCUT2D eigenvalue weighted by molar-refractivity contribution is 6.41. The fraction of sp³-hybridized carbons (Fsp3) is 0.400. The first-order chi connectivity index (χ1) is 30.7. The Hall–Kier alpha value is -6.86. The number of esters is 1. The number of urea groups is 1. The molecule has 3 heterocycles. The van der Waals surface area contributed by atoms with Gasteiger partial charge in [-0.3, -0.25) is 14.4 Å². The van der Waals surface area contributed by atoms with Gasteiger partial charge in [-0.25, -0.2) is 19.0 Å². The Balaban J connectivity index is 1.31. The summed E-state index contributed by atoms with van der Waals surface area (Å²) >= 11 is 6.35. The lowest BCUT2D eigenvalue weighted by Crippen LogP contribution is -2.60. The van der Waals surface area contributed by atoms with Gasteiger partial charge >= 0.3 is 29.9 Å². The third-order valence-electron chi connectivity index (χ3n) is 10.5. The van der Waals surface area contributed by atoms with E-state index in [0.717, 1.165) is 11.0 Å². The molecule has 3 unspecified atom stereocenters. The molecule has 20 heteroatoms. The molecule has 3 atom stereocenters. The summed E-state index contributed by atoms with van der Waals surface area (Å²) in [6, 6.07) is 15.3. The molecule has 0 spiro atoms. The molecule has 5 amide bonds. The van der Waals surface area contributed by atoms with Gasteiger partial charge in [-0.15, -0.1) is 5.10 Å². The minimum atomic E-state index is -1.24. The molecule has 344 valence electrons. The van der Waals surface area contributed by atoms with Crippen molar-refractivity contribution in [1.29, 1.82) is 0 Å². The summed E-state index contributed by atoms with van der Waals surface area (Å²) in [6.45, 7) is 13.8. The van der Waals surface area contributed by atoms with Gasteiger partial charge in [0.05, 0.1) is 29.5 Å². The number of aliphatic hydroxyl groups excluding tert-OH is 1. The number of hydrogen-bond donors (Lipinski definition) is 4. The highest BCUT2D eigenvalue weighted by Crippen LogP contribution is 2.31. The van der Waals surface area contributed by atoms with Crippen LogP contribution in [-0.4, -0.2) is 114 Å². The van der Waals surface area contributed by atoms with Crippen molar-refractivity contribution in [2.45, 2.75) is 91.5 Å². The number of anilines is 3.